The van der Waals surface area contributed by atoms with Crippen LogP contribution in [0.1, 0.15) is 23.6 Å². The molecule has 0 radical (unpaired) electrons. The van der Waals surface area contributed by atoms with Gasteiger partial charge in [-0.3, -0.25) is 14.0 Å². The van der Waals surface area contributed by atoms with Crippen LogP contribution in [0.4, 0.5) is 0 Å². The van der Waals surface area contributed by atoms with Gasteiger partial charge in [0.15, 0.2) is 5.16 Å². The third-order valence-corrected chi connectivity index (χ3v) is 7.40. The molecule has 0 saturated heterocycles. The molecule has 0 aliphatic rings. The summed E-state index contributed by atoms with van der Waals surface area (Å²) in [5.41, 5.74) is 4.53. The number of carbonyl (C=O) groups is 1. The van der Waals surface area contributed by atoms with Crippen molar-refractivity contribution in [3.63, 3.8) is 0 Å². The van der Waals surface area contributed by atoms with Gasteiger partial charge in [0, 0.05) is 13.1 Å². The molecule has 7 nitrogen and oxygen atoms in total. The molecule has 0 fully saturated rings. The number of benzene rings is 3. The Balaban J connectivity index is 1.55. The molecule has 0 bridgehead atoms. The number of fused-ring (bicyclic) bond motifs is 3. The predicted octanol–water partition coefficient (Wildman–Crippen LogP) is 4.79. The number of aryl methyl sites for hydroxylation is 1. The van der Waals surface area contributed by atoms with Crippen molar-refractivity contribution in [2.24, 2.45) is 0 Å². The first kappa shape index (κ1) is 23.8. The summed E-state index contributed by atoms with van der Waals surface area (Å²) in [5.74, 6) is 0.674. The van der Waals surface area contributed by atoms with E-state index in [1.807, 2.05) is 103 Å². The van der Waals surface area contributed by atoms with E-state index in [1.54, 1.807) is 4.57 Å². The predicted molar refractivity (Wildman–Crippen MR) is 144 cm³/mol. The average molecular weight is 498 g/mol. The molecule has 0 N–H and O–H groups in total. The van der Waals surface area contributed by atoms with Gasteiger partial charge in [-0.15, -0.1) is 10.2 Å². The highest BCUT2D eigenvalue weighted by Crippen LogP contribution is 2.25. The van der Waals surface area contributed by atoms with E-state index in [1.165, 1.54) is 11.8 Å². The van der Waals surface area contributed by atoms with Crippen LogP contribution >= 0.6 is 11.8 Å². The molecule has 0 aliphatic heterocycles. The van der Waals surface area contributed by atoms with Crippen molar-refractivity contribution in [3.05, 3.63) is 99.8 Å². The van der Waals surface area contributed by atoms with Gasteiger partial charge in [0.25, 0.3) is 5.56 Å². The zero-order chi connectivity index (χ0) is 25.2. The Hall–Kier alpha value is -3.91. The Labute approximate surface area is 213 Å². The number of rotatable bonds is 7. The van der Waals surface area contributed by atoms with Crippen molar-refractivity contribution in [2.45, 2.75) is 32.5 Å². The lowest BCUT2D eigenvalue weighted by Gasteiger charge is -2.20. The van der Waals surface area contributed by atoms with E-state index in [0.717, 1.165) is 27.9 Å². The van der Waals surface area contributed by atoms with E-state index in [2.05, 4.69) is 10.2 Å². The molecule has 1 amide bonds. The monoisotopic (exact) mass is 497 g/mol. The molecule has 2 heterocycles. The maximum absolute atomic E-state index is 13.6. The molecule has 0 aliphatic carbocycles. The lowest BCUT2D eigenvalue weighted by molar-refractivity contribution is -0.128. The highest BCUT2D eigenvalue weighted by Gasteiger charge is 2.21. The number of hydrogen-bond acceptors (Lipinski definition) is 5. The van der Waals surface area contributed by atoms with E-state index >= 15 is 0 Å². The number of hydrogen-bond donors (Lipinski definition) is 0. The Kier molecular flexibility index (Phi) is 6.61. The van der Waals surface area contributed by atoms with Crippen LogP contribution in [0.5, 0.6) is 0 Å². The topological polar surface area (TPSA) is 72.5 Å². The standard InChI is InChI=1S/C28H27N5O2S/c1-4-31(17-21-12-6-5-7-13-21)25(34)18-36-28-30-29-27-32(23-16-10-11-19(2)20(23)3)26(35)22-14-8-9-15-24(22)33(27)28/h5-16H,4,17-18H2,1-3H3. The van der Waals surface area contributed by atoms with Crippen LogP contribution in [0.3, 0.4) is 0 Å². The van der Waals surface area contributed by atoms with Crippen LogP contribution in [0.15, 0.2) is 82.7 Å². The largest absolute Gasteiger partial charge is 0.338 e. The van der Waals surface area contributed by atoms with Crippen LogP contribution in [0.25, 0.3) is 22.4 Å². The molecular weight excluding hydrogens is 470 g/mol. The fourth-order valence-electron chi connectivity index (χ4n) is 4.36. The maximum Gasteiger partial charge on any atom is 0.267 e. The molecular formula is C28H27N5O2S. The van der Waals surface area contributed by atoms with Crippen LogP contribution in [-0.4, -0.2) is 42.3 Å². The lowest BCUT2D eigenvalue weighted by Crippen LogP contribution is -2.31. The first-order valence-electron chi connectivity index (χ1n) is 11.9. The van der Waals surface area contributed by atoms with Crippen molar-refractivity contribution in [3.8, 4) is 5.69 Å². The Bertz CT molecular complexity index is 1620. The quantitative estimate of drug-likeness (QED) is 0.302. The molecule has 0 saturated carbocycles. The molecule has 0 unspecified atom stereocenters. The second-order valence-corrected chi connectivity index (χ2v) is 9.62. The van der Waals surface area contributed by atoms with Gasteiger partial charge in [0.1, 0.15) is 0 Å². The Morgan fingerprint density at radius 3 is 2.47 bits per heavy atom. The van der Waals surface area contributed by atoms with Crippen molar-refractivity contribution in [1.82, 2.24) is 24.1 Å². The van der Waals surface area contributed by atoms with Gasteiger partial charge in [-0.2, -0.15) is 0 Å². The maximum atomic E-state index is 13.6. The first-order valence-corrected chi connectivity index (χ1v) is 12.9. The fraction of sp³-hybridized carbons (Fsp3) is 0.214. The summed E-state index contributed by atoms with van der Waals surface area (Å²) in [6.45, 7) is 7.18. The summed E-state index contributed by atoms with van der Waals surface area (Å²) >= 11 is 1.33. The van der Waals surface area contributed by atoms with Crippen molar-refractivity contribution < 1.29 is 4.79 Å². The van der Waals surface area contributed by atoms with Crippen LogP contribution in [0, 0.1) is 13.8 Å². The molecule has 0 atom stereocenters. The highest BCUT2D eigenvalue weighted by atomic mass is 32.2. The Morgan fingerprint density at radius 1 is 0.944 bits per heavy atom. The van der Waals surface area contributed by atoms with Gasteiger partial charge in [0.05, 0.1) is 22.3 Å². The van der Waals surface area contributed by atoms with Crippen molar-refractivity contribution >= 4 is 34.3 Å². The van der Waals surface area contributed by atoms with E-state index in [-0.39, 0.29) is 17.2 Å². The molecule has 182 valence electrons. The number of thioether (sulfide) groups is 1. The third-order valence-electron chi connectivity index (χ3n) is 6.49. The van der Waals surface area contributed by atoms with Gasteiger partial charge in [0.2, 0.25) is 11.7 Å². The summed E-state index contributed by atoms with van der Waals surface area (Å²) in [5, 5.41) is 9.97. The first-order chi connectivity index (χ1) is 17.5. The number of amides is 1. The summed E-state index contributed by atoms with van der Waals surface area (Å²) in [6, 6.07) is 23.3. The number of nitrogens with zero attached hydrogens (tertiary/aromatic N) is 5. The minimum atomic E-state index is -0.146. The van der Waals surface area contributed by atoms with Crippen molar-refractivity contribution in [1.29, 1.82) is 0 Å². The molecule has 5 rings (SSSR count). The minimum Gasteiger partial charge on any atom is -0.338 e. The SMILES string of the molecule is CCN(Cc1ccccc1)C(=O)CSc1nnc2n(-c3cccc(C)c3C)c(=O)c3ccccc3n12. The number of aromatic nitrogens is 4. The molecule has 0 spiro atoms. The number of para-hydroxylation sites is 1. The summed E-state index contributed by atoms with van der Waals surface area (Å²) < 4.78 is 3.50. The normalized spacial score (nSPS) is 11.3. The second-order valence-electron chi connectivity index (χ2n) is 8.68. The van der Waals surface area contributed by atoms with Gasteiger partial charge < -0.3 is 4.90 Å². The highest BCUT2D eigenvalue weighted by molar-refractivity contribution is 7.99. The minimum absolute atomic E-state index is 0.0234. The van der Waals surface area contributed by atoms with E-state index in [9.17, 15) is 9.59 Å². The Morgan fingerprint density at radius 2 is 1.69 bits per heavy atom. The summed E-state index contributed by atoms with van der Waals surface area (Å²) in [7, 11) is 0. The van der Waals surface area contributed by atoms with Crippen molar-refractivity contribution in [2.75, 3.05) is 12.3 Å². The third kappa shape index (κ3) is 4.28. The van der Waals surface area contributed by atoms with Crippen LogP contribution in [0.2, 0.25) is 0 Å². The lowest BCUT2D eigenvalue weighted by atomic mass is 10.1. The summed E-state index contributed by atoms with van der Waals surface area (Å²) in [4.78, 5) is 28.5. The molecule has 36 heavy (non-hydrogen) atoms. The van der Waals surface area contributed by atoms with E-state index in [0.29, 0.717) is 29.4 Å². The zero-order valence-electron chi connectivity index (χ0n) is 20.5. The molecule has 8 heteroatoms. The van der Waals surface area contributed by atoms with Gasteiger partial charge in [-0.1, -0.05) is 66.4 Å². The van der Waals surface area contributed by atoms with Gasteiger partial charge >= 0.3 is 0 Å². The fourth-order valence-corrected chi connectivity index (χ4v) is 5.21. The molecule has 5 aromatic rings. The van der Waals surface area contributed by atoms with E-state index in [4.69, 9.17) is 0 Å². The second kappa shape index (κ2) is 9.99. The van der Waals surface area contributed by atoms with E-state index < -0.39 is 0 Å². The average Bonchev–Trinajstić information content (AvgIpc) is 3.32. The summed E-state index contributed by atoms with van der Waals surface area (Å²) in [6.07, 6.45) is 0. The van der Waals surface area contributed by atoms with Gasteiger partial charge in [-0.25, -0.2) is 4.57 Å². The zero-order valence-corrected chi connectivity index (χ0v) is 21.3. The number of carbonyl (C=O) groups excluding carboxylic acids is 1. The molecule has 3 aromatic carbocycles. The smallest absolute Gasteiger partial charge is 0.267 e. The van der Waals surface area contributed by atoms with Crippen LogP contribution in [-0.2, 0) is 11.3 Å². The van der Waals surface area contributed by atoms with Gasteiger partial charge in [-0.05, 0) is 55.7 Å². The molecule has 2 aromatic heterocycles. The van der Waals surface area contributed by atoms with Crippen LogP contribution < -0.4 is 5.56 Å².